The zero-order chi connectivity index (χ0) is 10.5. The summed E-state index contributed by atoms with van der Waals surface area (Å²) >= 11 is 0. The van der Waals surface area contributed by atoms with E-state index in [4.69, 9.17) is 4.89 Å². The summed E-state index contributed by atoms with van der Waals surface area (Å²) in [4.78, 5) is 8.90. The molecule has 0 saturated heterocycles. The Morgan fingerprint density at radius 2 is 2.00 bits per heavy atom. The molecule has 1 atom stereocenters. The van der Waals surface area contributed by atoms with Crippen molar-refractivity contribution in [3.63, 3.8) is 0 Å². The van der Waals surface area contributed by atoms with Crippen LogP contribution in [-0.4, -0.2) is 50.3 Å². The zero-order valence-electron chi connectivity index (χ0n) is 8.69. The third kappa shape index (κ3) is 6.18. The molecule has 1 unspecified atom stereocenters. The van der Waals surface area contributed by atoms with Gasteiger partial charge in [0.2, 0.25) is 0 Å². The Morgan fingerprint density at radius 3 is 2.38 bits per heavy atom. The van der Waals surface area contributed by atoms with E-state index >= 15 is 0 Å². The Hall–Kier alpha value is 0.0700. The van der Waals surface area contributed by atoms with Crippen LogP contribution in [-0.2, 0) is 13.6 Å². The normalized spacial score (nSPS) is 17.0. The summed E-state index contributed by atoms with van der Waals surface area (Å²) in [5, 5.41) is 0. The standard InChI is InChI=1S/C7H18NO4P/c1-5-8(2,3)6-7-12-13(9,10)11-4/h5-7H2,1-4H3/p+1. The minimum Gasteiger partial charge on any atom is -0.327 e. The molecule has 0 saturated carbocycles. The second-order valence-corrected chi connectivity index (χ2v) is 5.02. The molecule has 0 fully saturated rings. The minimum atomic E-state index is -3.78. The number of likely N-dealkylation sites (N-methyl/N-ethyl adjacent to an activating group) is 1. The van der Waals surface area contributed by atoms with E-state index in [1.54, 1.807) is 0 Å². The molecule has 0 aliphatic heterocycles. The van der Waals surface area contributed by atoms with Gasteiger partial charge in [0.25, 0.3) is 0 Å². The molecule has 6 heteroatoms. The van der Waals surface area contributed by atoms with Gasteiger partial charge < -0.3 is 9.38 Å². The van der Waals surface area contributed by atoms with Gasteiger partial charge in [-0.15, -0.1) is 0 Å². The number of phosphoric ester groups is 1. The van der Waals surface area contributed by atoms with Crippen LogP contribution in [0.3, 0.4) is 0 Å². The Labute approximate surface area is 79.5 Å². The maximum atomic E-state index is 10.9. The summed E-state index contributed by atoms with van der Waals surface area (Å²) in [5.74, 6) is 0. The molecule has 0 amide bonds. The highest BCUT2D eigenvalue weighted by Crippen LogP contribution is 2.41. The smallest absolute Gasteiger partial charge is 0.327 e. The van der Waals surface area contributed by atoms with Crippen LogP contribution in [0.4, 0.5) is 0 Å². The molecule has 5 nitrogen and oxygen atoms in total. The summed E-state index contributed by atoms with van der Waals surface area (Å²) in [6.45, 7) is 3.91. The Bertz CT molecular complexity index is 195. The molecule has 0 aromatic heterocycles. The molecule has 0 heterocycles. The zero-order valence-corrected chi connectivity index (χ0v) is 9.58. The van der Waals surface area contributed by atoms with Crippen LogP contribution >= 0.6 is 7.82 Å². The van der Waals surface area contributed by atoms with Crippen LogP contribution in [0.25, 0.3) is 0 Å². The van der Waals surface area contributed by atoms with Crippen LogP contribution in [0, 0.1) is 0 Å². The lowest BCUT2D eigenvalue weighted by Gasteiger charge is -2.27. The molecular weight excluding hydrogens is 193 g/mol. The van der Waals surface area contributed by atoms with Crippen molar-refractivity contribution >= 4 is 7.82 Å². The van der Waals surface area contributed by atoms with Crippen LogP contribution in [0.15, 0.2) is 0 Å². The van der Waals surface area contributed by atoms with Crippen molar-refractivity contribution in [1.82, 2.24) is 0 Å². The van der Waals surface area contributed by atoms with E-state index in [2.05, 4.69) is 16.0 Å². The molecule has 0 bridgehead atoms. The molecule has 13 heavy (non-hydrogen) atoms. The van der Waals surface area contributed by atoms with Gasteiger partial charge in [-0.2, -0.15) is 0 Å². The highest BCUT2D eigenvalue weighted by Gasteiger charge is 2.20. The molecule has 0 aromatic rings. The van der Waals surface area contributed by atoms with Crippen LogP contribution in [0.2, 0.25) is 0 Å². The van der Waals surface area contributed by atoms with Gasteiger partial charge in [0.15, 0.2) is 0 Å². The van der Waals surface area contributed by atoms with E-state index in [1.165, 1.54) is 0 Å². The molecule has 0 aliphatic carbocycles. The van der Waals surface area contributed by atoms with E-state index < -0.39 is 7.82 Å². The first-order valence-electron chi connectivity index (χ1n) is 4.18. The van der Waals surface area contributed by atoms with Crippen molar-refractivity contribution in [3.05, 3.63) is 0 Å². The van der Waals surface area contributed by atoms with Gasteiger partial charge in [-0.3, -0.25) is 9.05 Å². The van der Waals surface area contributed by atoms with Gasteiger partial charge in [-0.1, -0.05) is 0 Å². The van der Waals surface area contributed by atoms with Gasteiger partial charge in [-0.05, 0) is 6.92 Å². The second kappa shape index (κ2) is 5.08. The summed E-state index contributed by atoms with van der Waals surface area (Å²) < 4.78 is 20.6. The second-order valence-electron chi connectivity index (χ2n) is 3.46. The summed E-state index contributed by atoms with van der Waals surface area (Å²) in [6.07, 6.45) is 0. The van der Waals surface area contributed by atoms with Crippen molar-refractivity contribution in [3.8, 4) is 0 Å². The van der Waals surface area contributed by atoms with Gasteiger partial charge >= 0.3 is 7.82 Å². The molecule has 0 aromatic carbocycles. The first-order chi connectivity index (χ1) is 5.83. The number of hydrogen-bond acceptors (Lipinski definition) is 3. The predicted octanol–water partition coefficient (Wildman–Crippen LogP) is 0.846. The van der Waals surface area contributed by atoms with Gasteiger partial charge in [0.05, 0.1) is 20.6 Å². The topological polar surface area (TPSA) is 55.8 Å². The Morgan fingerprint density at radius 1 is 1.46 bits per heavy atom. The monoisotopic (exact) mass is 212 g/mol. The lowest BCUT2D eigenvalue weighted by Crippen LogP contribution is -2.41. The van der Waals surface area contributed by atoms with E-state index in [0.717, 1.165) is 18.1 Å². The third-order valence-corrected chi connectivity index (χ3v) is 3.01. The molecule has 0 spiro atoms. The van der Waals surface area contributed by atoms with Crippen molar-refractivity contribution in [2.24, 2.45) is 0 Å². The SMILES string of the molecule is CC[N+](C)(C)CCOP(=O)(O)OC. The summed E-state index contributed by atoms with van der Waals surface area (Å²) in [6, 6.07) is 0. The van der Waals surface area contributed by atoms with Crippen molar-refractivity contribution in [2.75, 3.05) is 40.9 Å². The fraction of sp³-hybridized carbons (Fsp3) is 1.00. The number of hydrogen-bond donors (Lipinski definition) is 1. The largest absolute Gasteiger partial charge is 0.472 e. The van der Waals surface area contributed by atoms with Gasteiger partial charge in [0, 0.05) is 7.11 Å². The third-order valence-electron chi connectivity index (χ3n) is 2.04. The fourth-order valence-electron chi connectivity index (χ4n) is 0.614. The minimum absolute atomic E-state index is 0.225. The first kappa shape index (κ1) is 13.1. The Kier molecular flexibility index (Phi) is 5.10. The van der Waals surface area contributed by atoms with E-state index in [0.29, 0.717) is 6.54 Å². The summed E-state index contributed by atoms with van der Waals surface area (Å²) in [5.41, 5.74) is 0. The molecule has 1 N–H and O–H groups in total. The highest BCUT2D eigenvalue weighted by molar-refractivity contribution is 7.47. The maximum absolute atomic E-state index is 10.9. The maximum Gasteiger partial charge on any atom is 0.472 e. The molecular formula is C7H19NO4P+. The number of phosphoric acid groups is 1. The molecule has 0 aliphatic rings. The number of rotatable bonds is 6. The molecule has 0 radical (unpaired) electrons. The predicted molar refractivity (Wildman–Crippen MR) is 50.3 cm³/mol. The number of nitrogens with zero attached hydrogens (tertiary/aromatic N) is 1. The lowest BCUT2D eigenvalue weighted by molar-refractivity contribution is -0.888. The van der Waals surface area contributed by atoms with Gasteiger partial charge in [-0.25, -0.2) is 4.57 Å². The van der Waals surface area contributed by atoms with Crippen LogP contribution in [0.5, 0.6) is 0 Å². The fourth-order valence-corrected chi connectivity index (χ4v) is 1.03. The number of quaternary nitrogens is 1. The summed E-state index contributed by atoms with van der Waals surface area (Å²) in [7, 11) is 1.43. The lowest BCUT2D eigenvalue weighted by atomic mass is 10.4. The van der Waals surface area contributed by atoms with E-state index in [-0.39, 0.29) is 6.61 Å². The van der Waals surface area contributed by atoms with Crippen molar-refractivity contribution < 1.29 is 23.0 Å². The molecule has 0 rings (SSSR count). The average Bonchev–Trinajstić information content (AvgIpc) is 2.04. The van der Waals surface area contributed by atoms with Gasteiger partial charge in [0.1, 0.15) is 13.2 Å². The van der Waals surface area contributed by atoms with E-state index in [1.807, 2.05) is 14.1 Å². The highest BCUT2D eigenvalue weighted by atomic mass is 31.2. The van der Waals surface area contributed by atoms with Crippen molar-refractivity contribution in [1.29, 1.82) is 0 Å². The first-order valence-corrected chi connectivity index (χ1v) is 5.67. The van der Waals surface area contributed by atoms with Crippen molar-refractivity contribution in [2.45, 2.75) is 6.92 Å². The molecule has 80 valence electrons. The van der Waals surface area contributed by atoms with Crippen LogP contribution < -0.4 is 0 Å². The van der Waals surface area contributed by atoms with Crippen LogP contribution in [0.1, 0.15) is 6.92 Å². The quantitative estimate of drug-likeness (QED) is 0.523. The Balaban J connectivity index is 3.74. The van der Waals surface area contributed by atoms with E-state index in [9.17, 15) is 4.57 Å². The average molecular weight is 212 g/mol.